The van der Waals surface area contributed by atoms with Crippen molar-refractivity contribution in [1.82, 2.24) is 9.55 Å². The van der Waals surface area contributed by atoms with Crippen LogP contribution in [-0.4, -0.2) is 55.2 Å². The largest absolute Gasteiger partial charge is 0.465 e. The molecule has 0 atom stereocenters. The zero-order chi connectivity index (χ0) is 25.7. The van der Waals surface area contributed by atoms with Gasteiger partial charge in [-0.1, -0.05) is 36.4 Å². The standard InChI is InChI=1S/C15H15NO5.C11H9NO3/c1-19-15(18)11-8-13(17)16(9-14-20-6-7-21-14)12-5-3-2-4-10(11)12;1-15-11(14)8-6-10(13)12-9-5-3-2-4-7(8)9/h2-5,8,14H,6-7,9H2,1H3;2-6H,1H3,(H,12,13). The summed E-state index contributed by atoms with van der Waals surface area (Å²) in [4.78, 5) is 49.4. The molecule has 10 nitrogen and oxygen atoms in total. The number of rotatable bonds is 4. The maximum Gasteiger partial charge on any atom is 0.338 e. The summed E-state index contributed by atoms with van der Waals surface area (Å²) in [6, 6.07) is 16.8. The highest BCUT2D eigenvalue weighted by atomic mass is 16.7. The van der Waals surface area contributed by atoms with Gasteiger partial charge in [0, 0.05) is 28.4 Å². The molecular weight excluding hydrogens is 468 g/mol. The molecular formula is C26H24N2O8. The van der Waals surface area contributed by atoms with Gasteiger partial charge in [-0.25, -0.2) is 9.59 Å². The van der Waals surface area contributed by atoms with Gasteiger partial charge in [0.15, 0.2) is 6.29 Å². The van der Waals surface area contributed by atoms with Gasteiger partial charge in [-0.2, -0.15) is 0 Å². The van der Waals surface area contributed by atoms with Crippen molar-refractivity contribution in [2.45, 2.75) is 12.8 Å². The Bertz CT molecular complexity index is 1530. The smallest absolute Gasteiger partial charge is 0.338 e. The summed E-state index contributed by atoms with van der Waals surface area (Å²) < 4.78 is 21.7. The molecule has 4 aromatic rings. The number of nitrogens with one attached hydrogen (secondary N) is 1. The molecule has 1 N–H and O–H groups in total. The maximum absolute atomic E-state index is 12.3. The van der Waals surface area contributed by atoms with Crippen LogP contribution < -0.4 is 11.1 Å². The minimum Gasteiger partial charge on any atom is -0.465 e. The van der Waals surface area contributed by atoms with Crippen molar-refractivity contribution < 1.29 is 28.5 Å². The van der Waals surface area contributed by atoms with E-state index in [2.05, 4.69) is 9.72 Å². The highest BCUT2D eigenvalue weighted by Crippen LogP contribution is 2.19. The number of carbonyl (C=O) groups excluding carboxylic acids is 2. The predicted octanol–water partition coefficient (Wildman–Crippen LogP) is 2.48. The van der Waals surface area contributed by atoms with Crippen LogP contribution in [0.1, 0.15) is 20.7 Å². The molecule has 0 bridgehead atoms. The molecule has 2 aromatic carbocycles. The molecule has 1 saturated heterocycles. The van der Waals surface area contributed by atoms with Crippen LogP contribution in [0, 0.1) is 0 Å². The first-order valence-corrected chi connectivity index (χ1v) is 11.1. The van der Waals surface area contributed by atoms with Gasteiger partial charge in [0.2, 0.25) is 5.56 Å². The van der Waals surface area contributed by atoms with Gasteiger partial charge in [0.1, 0.15) is 0 Å². The minimum atomic E-state index is -0.524. The van der Waals surface area contributed by atoms with E-state index in [4.69, 9.17) is 14.2 Å². The molecule has 10 heteroatoms. The second-order valence-corrected chi connectivity index (χ2v) is 7.77. The molecule has 1 aliphatic rings. The monoisotopic (exact) mass is 492 g/mol. The van der Waals surface area contributed by atoms with E-state index < -0.39 is 18.2 Å². The molecule has 2 aromatic heterocycles. The maximum atomic E-state index is 12.3. The lowest BCUT2D eigenvalue weighted by Crippen LogP contribution is -2.28. The van der Waals surface area contributed by atoms with Crippen LogP contribution >= 0.6 is 0 Å². The summed E-state index contributed by atoms with van der Waals surface area (Å²) in [7, 11) is 2.58. The third kappa shape index (κ3) is 5.19. The van der Waals surface area contributed by atoms with Gasteiger partial charge < -0.3 is 28.5 Å². The Hall–Kier alpha value is -4.28. The number of methoxy groups -OCH3 is 2. The number of hydrogen-bond acceptors (Lipinski definition) is 8. The van der Waals surface area contributed by atoms with Crippen molar-refractivity contribution in [3.8, 4) is 0 Å². The van der Waals surface area contributed by atoms with Crippen molar-refractivity contribution in [3.63, 3.8) is 0 Å². The fourth-order valence-electron chi connectivity index (χ4n) is 3.95. The Balaban J connectivity index is 0.000000179. The van der Waals surface area contributed by atoms with Gasteiger partial charge in [-0.3, -0.25) is 9.59 Å². The number of hydrogen-bond donors (Lipinski definition) is 1. The van der Waals surface area contributed by atoms with Gasteiger partial charge in [0.25, 0.3) is 5.56 Å². The van der Waals surface area contributed by atoms with E-state index >= 15 is 0 Å². The number of nitrogens with zero attached hydrogens (tertiary/aromatic N) is 1. The Labute approximate surface area is 205 Å². The Morgan fingerprint density at radius 2 is 1.47 bits per heavy atom. The fourth-order valence-corrected chi connectivity index (χ4v) is 3.95. The van der Waals surface area contributed by atoms with Crippen LogP contribution in [0.3, 0.4) is 0 Å². The molecule has 0 amide bonds. The van der Waals surface area contributed by atoms with E-state index in [9.17, 15) is 19.2 Å². The SMILES string of the molecule is COC(=O)c1cc(=O)[nH]c2ccccc12.COC(=O)c1cc(=O)n(CC2OCCO2)c2ccccc12. The molecule has 5 rings (SSSR count). The summed E-state index contributed by atoms with van der Waals surface area (Å²) in [6.45, 7) is 1.34. The van der Waals surface area contributed by atoms with E-state index in [1.54, 1.807) is 41.0 Å². The molecule has 0 aliphatic carbocycles. The molecule has 1 fully saturated rings. The van der Waals surface area contributed by atoms with E-state index in [0.717, 1.165) is 0 Å². The molecule has 0 spiro atoms. The van der Waals surface area contributed by atoms with Gasteiger partial charge in [0.05, 0.1) is 50.6 Å². The molecule has 186 valence electrons. The van der Waals surface area contributed by atoms with Crippen molar-refractivity contribution in [2.24, 2.45) is 0 Å². The van der Waals surface area contributed by atoms with E-state index in [0.29, 0.717) is 41.6 Å². The molecule has 36 heavy (non-hydrogen) atoms. The second kappa shape index (κ2) is 11.0. The first kappa shape index (κ1) is 24.8. The van der Waals surface area contributed by atoms with Crippen molar-refractivity contribution in [2.75, 3.05) is 27.4 Å². The highest BCUT2D eigenvalue weighted by Gasteiger charge is 2.20. The number of pyridine rings is 2. The molecule has 0 unspecified atom stereocenters. The second-order valence-electron chi connectivity index (χ2n) is 7.77. The van der Waals surface area contributed by atoms with Crippen molar-refractivity contribution in [3.05, 3.63) is 92.5 Å². The first-order chi connectivity index (χ1) is 17.4. The third-order valence-corrected chi connectivity index (χ3v) is 5.60. The molecule has 1 aliphatic heterocycles. The Kier molecular flexibility index (Phi) is 7.57. The normalized spacial score (nSPS) is 13.3. The van der Waals surface area contributed by atoms with Gasteiger partial charge in [-0.15, -0.1) is 0 Å². The van der Waals surface area contributed by atoms with E-state index in [1.807, 2.05) is 12.1 Å². The summed E-state index contributed by atoms with van der Waals surface area (Å²) in [5.41, 5.74) is 1.25. The van der Waals surface area contributed by atoms with Crippen molar-refractivity contribution in [1.29, 1.82) is 0 Å². The summed E-state index contributed by atoms with van der Waals surface area (Å²) in [6.07, 6.45) is -0.435. The Morgan fingerprint density at radius 3 is 2.14 bits per heavy atom. The van der Waals surface area contributed by atoms with Crippen LogP contribution in [0.4, 0.5) is 0 Å². The highest BCUT2D eigenvalue weighted by molar-refractivity contribution is 6.04. The quantitative estimate of drug-likeness (QED) is 0.431. The molecule has 3 heterocycles. The van der Waals surface area contributed by atoms with Crippen molar-refractivity contribution >= 4 is 33.7 Å². The van der Waals surface area contributed by atoms with Crippen LogP contribution in [0.2, 0.25) is 0 Å². The number of fused-ring (bicyclic) bond motifs is 2. The lowest BCUT2D eigenvalue weighted by Gasteiger charge is -2.15. The lowest BCUT2D eigenvalue weighted by atomic mass is 10.1. The van der Waals surface area contributed by atoms with Crippen LogP contribution in [0.15, 0.2) is 70.3 Å². The van der Waals surface area contributed by atoms with E-state index in [1.165, 1.54) is 26.4 Å². The fraction of sp³-hybridized carbons (Fsp3) is 0.231. The topological polar surface area (TPSA) is 126 Å². The average Bonchev–Trinajstić information content (AvgIpc) is 3.42. The van der Waals surface area contributed by atoms with Gasteiger partial charge >= 0.3 is 11.9 Å². The number of carbonyl (C=O) groups is 2. The van der Waals surface area contributed by atoms with Crippen LogP contribution in [-0.2, 0) is 25.5 Å². The van der Waals surface area contributed by atoms with Crippen LogP contribution in [0.5, 0.6) is 0 Å². The lowest BCUT2D eigenvalue weighted by molar-refractivity contribution is -0.0522. The molecule has 0 radical (unpaired) electrons. The first-order valence-electron chi connectivity index (χ1n) is 11.1. The number of benzene rings is 2. The zero-order valence-corrected chi connectivity index (χ0v) is 19.7. The number of aromatic amines is 1. The number of para-hydroxylation sites is 2. The zero-order valence-electron chi connectivity index (χ0n) is 19.7. The average molecular weight is 492 g/mol. The van der Waals surface area contributed by atoms with E-state index in [-0.39, 0.29) is 22.2 Å². The van der Waals surface area contributed by atoms with Crippen LogP contribution in [0.25, 0.3) is 21.8 Å². The Morgan fingerprint density at radius 1 is 0.889 bits per heavy atom. The van der Waals surface area contributed by atoms with Gasteiger partial charge in [-0.05, 0) is 12.1 Å². The predicted molar refractivity (Wildman–Crippen MR) is 131 cm³/mol. The summed E-state index contributed by atoms with van der Waals surface area (Å²) in [5.74, 6) is -1.03. The number of aromatic nitrogens is 2. The summed E-state index contributed by atoms with van der Waals surface area (Å²) >= 11 is 0. The number of esters is 2. The number of H-pyrrole nitrogens is 1. The third-order valence-electron chi connectivity index (χ3n) is 5.60. The summed E-state index contributed by atoms with van der Waals surface area (Å²) in [5, 5.41) is 1.35. The molecule has 0 saturated carbocycles. The minimum absolute atomic E-state index is 0.266. The number of ether oxygens (including phenoxy) is 4.